The molecule has 0 aromatic carbocycles. The molecule has 4 N–H and O–H groups in total. The second-order valence-corrected chi connectivity index (χ2v) is 6.44. The van der Waals surface area contributed by atoms with Crippen LogP contribution in [-0.4, -0.2) is 36.8 Å². The molecule has 1 aliphatic rings. The Labute approximate surface area is 88.8 Å². The molecule has 0 unspecified atom stereocenters. The highest BCUT2D eigenvalue weighted by Gasteiger charge is 2.36. The van der Waals surface area contributed by atoms with E-state index in [0.29, 0.717) is 25.7 Å². The van der Waals surface area contributed by atoms with Crippen LogP contribution < -0.4 is 11.1 Å². The minimum atomic E-state index is -3.04. The number of carboxylic acid groups (broad SMARTS) is 1. The minimum absolute atomic E-state index is 0.358. The van der Waals surface area contributed by atoms with Crippen molar-refractivity contribution in [3.05, 3.63) is 0 Å². The molecule has 1 rings (SSSR count). The smallest absolute Gasteiger partial charge is 0.406 e. The van der Waals surface area contributed by atoms with E-state index in [4.69, 9.17) is 10.8 Å². The average molecular weight is 236 g/mol. The Bertz CT molecular complexity index is 344. The van der Waals surface area contributed by atoms with Crippen LogP contribution in [0.5, 0.6) is 0 Å². The molecular weight excluding hydrogens is 220 g/mol. The van der Waals surface area contributed by atoms with Crippen LogP contribution >= 0.6 is 0 Å². The molecule has 6 nitrogen and oxygen atoms in total. The predicted octanol–water partition coefficient (Wildman–Crippen LogP) is -0.104. The monoisotopic (exact) mass is 236 g/mol. The van der Waals surface area contributed by atoms with Gasteiger partial charge in [0.05, 0.1) is 10.9 Å². The number of carbonyl (C=O) groups is 1. The van der Waals surface area contributed by atoms with Gasteiger partial charge in [0.15, 0.2) is 0 Å². The third-order valence-corrected chi connectivity index (χ3v) is 4.47. The molecule has 15 heavy (non-hydrogen) atoms. The molecule has 1 aliphatic carbocycles. The fourth-order valence-corrected chi connectivity index (χ4v) is 2.96. The van der Waals surface area contributed by atoms with Gasteiger partial charge in [0.1, 0.15) is 9.84 Å². The summed E-state index contributed by atoms with van der Waals surface area (Å²) in [5.74, 6) is 0. The number of sulfone groups is 1. The zero-order valence-electron chi connectivity index (χ0n) is 8.56. The predicted molar refractivity (Wildman–Crippen MR) is 55.2 cm³/mol. The van der Waals surface area contributed by atoms with Crippen molar-refractivity contribution in [2.45, 2.75) is 36.6 Å². The van der Waals surface area contributed by atoms with Crippen LogP contribution in [0.4, 0.5) is 4.79 Å². The highest BCUT2D eigenvalue weighted by atomic mass is 32.2. The van der Waals surface area contributed by atoms with Crippen molar-refractivity contribution in [1.29, 1.82) is 0 Å². The molecule has 0 aliphatic heterocycles. The van der Waals surface area contributed by atoms with Crippen LogP contribution in [0.15, 0.2) is 0 Å². The van der Waals surface area contributed by atoms with Crippen LogP contribution in [0.2, 0.25) is 0 Å². The third kappa shape index (κ3) is 3.35. The maximum atomic E-state index is 11.2. The van der Waals surface area contributed by atoms with Gasteiger partial charge in [-0.1, -0.05) is 0 Å². The van der Waals surface area contributed by atoms with E-state index in [1.165, 1.54) is 6.26 Å². The van der Waals surface area contributed by atoms with E-state index in [1.54, 1.807) is 0 Å². The lowest BCUT2D eigenvalue weighted by Crippen LogP contribution is -2.58. The minimum Gasteiger partial charge on any atom is -0.465 e. The molecule has 7 heteroatoms. The molecule has 0 aromatic rings. The van der Waals surface area contributed by atoms with E-state index in [9.17, 15) is 13.2 Å². The molecule has 0 atom stereocenters. The van der Waals surface area contributed by atoms with Gasteiger partial charge >= 0.3 is 6.09 Å². The second kappa shape index (κ2) is 3.97. The maximum Gasteiger partial charge on any atom is 0.406 e. The van der Waals surface area contributed by atoms with E-state index < -0.39 is 21.6 Å². The Morgan fingerprint density at radius 2 is 1.93 bits per heavy atom. The van der Waals surface area contributed by atoms with Gasteiger partial charge in [0, 0.05) is 6.26 Å². The second-order valence-electron chi connectivity index (χ2n) is 4.12. The fraction of sp³-hybridized carbons (Fsp3) is 0.875. The summed E-state index contributed by atoms with van der Waals surface area (Å²) >= 11 is 0. The van der Waals surface area contributed by atoms with E-state index in [0.717, 1.165) is 0 Å². The van der Waals surface area contributed by atoms with Crippen molar-refractivity contribution < 1.29 is 18.3 Å². The van der Waals surface area contributed by atoms with Gasteiger partial charge in [-0.15, -0.1) is 0 Å². The number of nitrogens with two attached hydrogens (primary N) is 1. The first kappa shape index (κ1) is 12.3. The molecule has 0 radical (unpaired) electrons. The van der Waals surface area contributed by atoms with Crippen molar-refractivity contribution in [2.75, 3.05) is 6.26 Å². The van der Waals surface area contributed by atoms with Gasteiger partial charge in [-0.3, -0.25) is 0 Å². The quantitative estimate of drug-likeness (QED) is 0.580. The zero-order chi connectivity index (χ0) is 11.7. The molecule has 0 heterocycles. The Morgan fingerprint density at radius 3 is 2.27 bits per heavy atom. The maximum absolute atomic E-state index is 11.2. The number of rotatable bonds is 2. The summed E-state index contributed by atoms with van der Waals surface area (Å²) < 4.78 is 22.5. The summed E-state index contributed by atoms with van der Waals surface area (Å²) in [6, 6.07) is 0. The molecule has 0 bridgehead atoms. The van der Waals surface area contributed by atoms with Gasteiger partial charge in [0.2, 0.25) is 0 Å². The molecular formula is C8H16N2O4S. The molecule has 1 fully saturated rings. The molecule has 1 amide bonds. The summed E-state index contributed by atoms with van der Waals surface area (Å²) in [4.78, 5) is 10.4. The Hall–Kier alpha value is -0.820. The number of hydrogen-bond acceptors (Lipinski definition) is 4. The average Bonchev–Trinajstić information content (AvgIpc) is 2.00. The topological polar surface area (TPSA) is 109 Å². The van der Waals surface area contributed by atoms with Crippen molar-refractivity contribution in [2.24, 2.45) is 5.73 Å². The van der Waals surface area contributed by atoms with E-state index in [1.807, 2.05) is 0 Å². The highest BCUT2D eigenvalue weighted by Crippen LogP contribution is 2.28. The SMILES string of the molecule is CS(=O)(=O)C1CCC(N)(NC(=O)O)CC1. The van der Waals surface area contributed by atoms with Gasteiger partial charge in [0.25, 0.3) is 0 Å². The van der Waals surface area contributed by atoms with Crippen LogP contribution in [0, 0.1) is 0 Å². The molecule has 0 saturated heterocycles. The lowest BCUT2D eigenvalue weighted by atomic mass is 9.89. The van der Waals surface area contributed by atoms with E-state index >= 15 is 0 Å². The van der Waals surface area contributed by atoms with Crippen molar-refractivity contribution >= 4 is 15.9 Å². The van der Waals surface area contributed by atoms with Gasteiger partial charge in [-0.2, -0.15) is 0 Å². The normalized spacial score (nSPS) is 32.3. The lowest BCUT2D eigenvalue weighted by molar-refractivity contribution is 0.165. The van der Waals surface area contributed by atoms with Gasteiger partial charge in [-0.05, 0) is 25.7 Å². The molecule has 0 spiro atoms. The Balaban J connectivity index is 2.59. The number of nitrogens with one attached hydrogen (secondary N) is 1. The summed E-state index contributed by atoms with van der Waals surface area (Å²) in [5.41, 5.74) is 4.81. The van der Waals surface area contributed by atoms with Gasteiger partial charge < -0.3 is 16.2 Å². The summed E-state index contributed by atoms with van der Waals surface area (Å²) in [5, 5.41) is 10.4. The van der Waals surface area contributed by atoms with Gasteiger partial charge in [-0.25, -0.2) is 13.2 Å². The number of hydrogen-bond donors (Lipinski definition) is 3. The van der Waals surface area contributed by atoms with E-state index in [-0.39, 0.29) is 5.25 Å². The first-order valence-corrected chi connectivity index (χ1v) is 6.67. The number of amides is 1. The summed E-state index contributed by atoms with van der Waals surface area (Å²) in [6.07, 6.45) is 1.57. The highest BCUT2D eigenvalue weighted by molar-refractivity contribution is 7.91. The first-order valence-electron chi connectivity index (χ1n) is 4.72. The fourth-order valence-electron chi connectivity index (χ4n) is 1.87. The van der Waals surface area contributed by atoms with E-state index in [2.05, 4.69) is 5.32 Å². The van der Waals surface area contributed by atoms with Crippen LogP contribution in [-0.2, 0) is 9.84 Å². The van der Waals surface area contributed by atoms with Crippen molar-refractivity contribution in [3.63, 3.8) is 0 Å². The first-order chi connectivity index (χ1) is 6.73. The van der Waals surface area contributed by atoms with Crippen molar-refractivity contribution in [3.8, 4) is 0 Å². The van der Waals surface area contributed by atoms with Crippen LogP contribution in [0.1, 0.15) is 25.7 Å². The lowest BCUT2D eigenvalue weighted by Gasteiger charge is -2.36. The van der Waals surface area contributed by atoms with Crippen LogP contribution in [0.25, 0.3) is 0 Å². The van der Waals surface area contributed by atoms with Crippen molar-refractivity contribution in [1.82, 2.24) is 5.32 Å². The summed E-state index contributed by atoms with van der Waals surface area (Å²) in [6.45, 7) is 0. The summed E-state index contributed by atoms with van der Waals surface area (Å²) in [7, 11) is -3.04. The Morgan fingerprint density at radius 1 is 1.47 bits per heavy atom. The zero-order valence-corrected chi connectivity index (χ0v) is 9.38. The Kier molecular flexibility index (Phi) is 3.25. The van der Waals surface area contributed by atoms with Crippen LogP contribution in [0.3, 0.4) is 0 Å². The third-order valence-electron chi connectivity index (χ3n) is 2.79. The standard InChI is InChI=1S/C8H16N2O4S/c1-15(13,14)6-2-4-8(9,5-3-6)10-7(11)12/h6,10H,2-5,9H2,1H3,(H,11,12). The molecule has 0 aromatic heterocycles. The molecule has 1 saturated carbocycles. The molecule has 88 valence electrons. The largest absolute Gasteiger partial charge is 0.465 e.